The fourth-order valence-corrected chi connectivity index (χ4v) is 3.64. The number of furan rings is 1. The van der Waals surface area contributed by atoms with Crippen LogP contribution in [0.25, 0.3) is 17.4 Å². The van der Waals surface area contributed by atoms with Gasteiger partial charge in [-0.25, -0.2) is 9.38 Å². The van der Waals surface area contributed by atoms with Crippen LogP contribution >= 0.6 is 11.8 Å². The van der Waals surface area contributed by atoms with E-state index >= 15 is 0 Å². The number of carbonyl (C=O) groups excluding carboxylic acids is 1. The van der Waals surface area contributed by atoms with E-state index in [4.69, 9.17) is 9.15 Å². The highest BCUT2D eigenvalue weighted by Crippen LogP contribution is 2.35. The second-order valence-corrected chi connectivity index (χ2v) is 7.33. The average molecular weight is 439 g/mol. The number of non-ortho nitro benzene ring substituents is 1. The second-order valence-electron chi connectivity index (χ2n) is 6.30. The van der Waals surface area contributed by atoms with Crippen LogP contribution in [0.4, 0.5) is 15.8 Å². The Balaban J connectivity index is 1.56. The predicted molar refractivity (Wildman–Crippen MR) is 115 cm³/mol. The van der Waals surface area contributed by atoms with Crippen LogP contribution in [-0.2, 0) is 4.79 Å². The molecular formula is C21H14FN3O5S. The van der Waals surface area contributed by atoms with E-state index in [0.29, 0.717) is 38.6 Å². The number of nitrogens with zero attached hydrogens (tertiary/aromatic N) is 2. The summed E-state index contributed by atoms with van der Waals surface area (Å²) >= 11 is 1.13. The van der Waals surface area contributed by atoms with Gasteiger partial charge in [-0.15, -0.1) is 0 Å². The number of hydrogen-bond donors (Lipinski definition) is 1. The lowest BCUT2D eigenvalue weighted by Crippen LogP contribution is -2.19. The van der Waals surface area contributed by atoms with Crippen LogP contribution < -0.4 is 10.1 Å². The molecule has 1 saturated heterocycles. The van der Waals surface area contributed by atoms with Crippen molar-refractivity contribution in [2.75, 3.05) is 7.11 Å². The largest absolute Gasteiger partial charge is 0.496 e. The van der Waals surface area contributed by atoms with E-state index < -0.39 is 4.92 Å². The van der Waals surface area contributed by atoms with Gasteiger partial charge in [-0.2, -0.15) is 0 Å². The number of nitrogens with one attached hydrogen (secondary N) is 1. The number of amidine groups is 1. The summed E-state index contributed by atoms with van der Waals surface area (Å²) in [4.78, 5) is 27.3. The molecule has 0 bridgehead atoms. The molecule has 8 nitrogen and oxygen atoms in total. The van der Waals surface area contributed by atoms with Gasteiger partial charge in [0.05, 0.1) is 34.3 Å². The van der Waals surface area contributed by atoms with Crippen molar-refractivity contribution in [1.29, 1.82) is 0 Å². The summed E-state index contributed by atoms with van der Waals surface area (Å²) in [6.45, 7) is 0. The molecule has 1 N–H and O–H groups in total. The van der Waals surface area contributed by atoms with E-state index in [9.17, 15) is 19.3 Å². The van der Waals surface area contributed by atoms with Crippen LogP contribution in [0.1, 0.15) is 5.76 Å². The molecule has 156 valence electrons. The van der Waals surface area contributed by atoms with Gasteiger partial charge >= 0.3 is 0 Å². The molecule has 3 aromatic rings. The van der Waals surface area contributed by atoms with Crippen molar-refractivity contribution in [2.45, 2.75) is 0 Å². The van der Waals surface area contributed by atoms with Crippen molar-refractivity contribution in [3.05, 3.63) is 81.2 Å². The van der Waals surface area contributed by atoms with Gasteiger partial charge in [0.2, 0.25) is 0 Å². The third-order valence-corrected chi connectivity index (χ3v) is 5.18. The van der Waals surface area contributed by atoms with Gasteiger partial charge < -0.3 is 14.5 Å². The summed E-state index contributed by atoms with van der Waals surface area (Å²) < 4.78 is 24.0. The summed E-state index contributed by atoms with van der Waals surface area (Å²) in [6, 6.07) is 13.2. The zero-order valence-electron chi connectivity index (χ0n) is 16.0. The van der Waals surface area contributed by atoms with Crippen LogP contribution in [0.5, 0.6) is 5.75 Å². The fraction of sp³-hybridized carbons (Fsp3) is 0.0476. The van der Waals surface area contributed by atoms with Gasteiger partial charge in [-0.3, -0.25) is 14.9 Å². The molecule has 0 radical (unpaired) electrons. The third-order valence-electron chi connectivity index (χ3n) is 4.27. The van der Waals surface area contributed by atoms with Crippen molar-refractivity contribution >= 4 is 40.3 Å². The Labute approximate surface area is 179 Å². The molecule has 0 spiro atoms. The van der Waals surface area contributed by atoms with E-state index in [1.807, 2.05) is 0 Å². The van der Waals surface area contributed by atoms with E-state index in [0.717, 1.165) is 11.8 Å². The highest BCUT2D eigenvalue weighted by Gasteiger charge is 2.24. The molecular weight excluding hydrogens is 425 g/mol. The normalized spacial score (nSPS) is 16.0. The summed E-state index contributed by atoms with van der Waals surface area (Å²) in [5.74, 6) is 0.436. The lowest BCUT2D eigenvalue weighted by Gasteiger charge is -2.05. The number of halogens is 1. The molecule has 2 aromatic carbocycles. The van der Waals surface area contributed by atoms with Gasteiger partial charge in [0.25, 0.3) is 11.6 Å². The van der Waals surface area contributed by atoms with E-state index in [1.54, 1.807) is 18.2 Å². The number of carbonyl (C=O) groups is 1. The predicted octanol–water partition coefficient (Wildman–Crippen LogP) is 4.89. The van der Waals surface area contributed by atoms with Crippen molar-refractivity contribution in [3.8, 4) is 17.1 Å². The number of ether oxygens (including phenoxy) is 1. The van der Waals surface area contributed by atoms with Gasteiger partial charge in [-0.05, 0) is 54.2 Å². The van der Waals surface area contributed by atoms with Crippen LogP contribution in [0.2, 0.25) is 0 Å². The summed E-state index contributed by atoms with van der Waals surface area (Å²) in [6.07, 6.45) is 1.56. The first-order valence-electron chi connectivity index (χ1n) is 8.91. The van der Waals surface area contributed by atoms with Crippen molar-refractivity contribution in [1.82, 2.24) is 5.32 Å². The molecule has 1 amide bonds. The SMILES string of the molecule is COc1cc([N+](=O)[O-])ccc1-c1ccc(C=C2SC(=Nc3ccc(F)cc3)NC2=O)o1. The molecule has 0 aliphatic carbocycles. The van der Waals surface area contributed by atoms with Crippen LogP contribution in [0.3, 0.4) is 0 Å². The number of thioether (sulfide) groups is 1. The minimum atomic E-state index is -0.509. The maximum atomic E-state index is 13.0. The lowest BCUT2D eigenvalue weighted by molar-refractivity contribution is -0.384. The number of methoxy groups -OCH3 is 1. The Hall–Kier alpha value is -3.92. The Morgan fingerprint density at radius 3 is 2.68 bits per heavy atom. The molecule has 0 saturated carbocycles. The maximum absolute atomic E-state index is 13.0. The molecule has 1 aromatic heterocycles. The first kappa shape index (κ1) is 20.4. The second kappa shape index (κ2) is 8.44. The molecule has 10 heteroatoms. The van der Waals surface area contributed by atoms with Gasteiger partial charge in [-0.1, -0.05) is 0 Å². The van der Waals surface area contributed by atoms with E-state index in [-0.39, 0.29) is 17.4 Å². The summed E-state index contributed by atoms with van der Waals surface area (Å²) in [5, 5.41) is 14.0. The molecule has 4 rings (SSSR count). The Morgan fingerprint density at radius 2 is 1.97 bits per heavy atom. The standard InChI is InChI=1S/C21H14FN3O5S/c1-29-18-10-14(25(27)28)6-8-16(18)17-9-7-15(30-17)11-19-20(26)24-21(31-19)23-13-4-2-12(22)3-5-13/h2-11H,1H3,(H,23,24,26). The summed E-state index contributed by atoms with van der Waals surface area (Å²) in [5.41, 5.74) is 0.956. The van der Waals surface area contributed by atoms with E-state index in [1.165, 1.54) is 49.6 Å². The topological polar surface area (TPSA) is 107 Å². The Bertz CT molecular complexity index is 1230. The number of hydrogen-bond acceptors (Lipinski definition) is 7. The zero-order valence-corrected chi connectivity index (χ0v) is 16.8. The first-order valence-corrected chi connectivity index (χ1v) is 9.72. The highest BCUT2D eigenvalue weighted by molar-refractivity contribution is 8.18. The van der Waals surface area contributed by atoms with Crippen molar-refractivity contribution in [3.63, 3.8) is 0 Å². The van der Waals surface area contributed by atoms with Gasteiger partial charge in [0.1, 0.15) is 23.1 Å². The minimum absolute atomic E-state index is 0.0958. The molecule has 31 heavy (non-hydrogen) atoms. The number of benzene rings is 2. The Kier molecular flexibility index (Phi) is 5.54. The minimum Gasteiger partial charge on any atom is -0.496 e. The number of aliphatic imine (C=N–C) groups is 1. The Morgan fingerprint density at radius 1 is 1.19 bits per heavy atom. The monoisotopic (exact) mass is 439 g/mol. The van der Waals surface area contributed by atoms with Crippen molar-refractivity contribution in [2.24, 2.45) is 4.99 Å². The quantitative estimate of drug-likeness (QED) is 0.344. The van der Waals surface area contributed by atoms with Gasteiger partial charge in [0, 0.05) is 12.1 Å². The van der Waals surface area contributed by atoms with E-state index in [2.05, 4.69) is 10.3 Å². The van der Waals surface area contributed by atoms with Gasteiger partial charge in [0.15, 0.2) is 5.17 Å². The zero-order chi connectivity index (χ0) is 22.0. The number of nitro groups is 1. The number of nitro benzene ring substituents is 1. The number of rotatable bonds is 5. The smallest absolute Gasteiger partial charge is 0.273 e. The lowest BCUT2D eigenvalue weighted by atomic mass is 10.1. The fourth-order valence-electron chi connectivity index (χ4n) is 2.81. The summed E-state index contributed by atoms with van der Waals surface area (Å²) in [7, 11) is 1.41. The molecule has 1 fully saturated rings. The van der Waals surface area contributed by atoms with Crippen LogP contribution in [-0.4, -0.2) is 23.1 Å². The molecule has 0 unspecified atom stereocenters. The third kappa shape index (κ3) is 4.48. The molecule has 0 atom stereocenters. The van der Waals surface area contributed by atoms with Crippen molar-refractivity contribution < 1.29 is 23.3 Å². The maximum Gasteiger partial charge on any atom is 0.273 e. The highest BCUT2D eigenvalue weighted by atomic mass is 32.2. The van der Waals surface area contributed by atoms with Crippen LogP contribution in [0, 0.1) is 15.9 Å². The van der Waals surface area contributed by atoms with Crippen LogP contribution in [0.15, 0.2) is 68.9 Å². The number of amides is 1. The molecule has 1 aliphatic heterocycles. The molecule has 2 heterocycles. The first-order chi connectivity index (χ1) is 14.9. The average Bonchev–Trinajstić information content (AvgIpc) is 3.36. The molecule has 1 aliphatic rings.